The maximum absolute atomic E-state index is 13.2. The van der Waals surface area contributed by atoms with E-state index in [9.17, 15) is 19.5 Å². The summed E-state index contributed by atoms with van der Waals surface area (Å²) in [5.74, 6) is -2.08. The molecule has 7 nitrogen and oxygen atoms in total. The molecule has 0 spiro atoms. The molecule has 1 fully saturated rings. The smallest absolute Gasteiger partial charge is 0.407 e. The van der Waals surface area contributed by atoms with Crippen molar-refractivity contribution in [1.82, 2.24) is 10.2 Å². The van der Waals surface area contributed by atoms with Crippen LogP contribution in [0.5, 0.6) is 0 Å². The molecule has 2 atom stereocenters. The van der Waals surface area contributed by atoms with Crippen LogP contribution in [0.2, 0.25) is 0 Å². The normalized spacial score (nSPS) is 17.0. The maximum Gasteiger partial charge on any atom is 0.407 e. The minimum atomic E-state index is -1.01. The van der Waals surface area contributed by atoms with Crippen molar-refractivity contribution in [3.8, 4) is 11.1 Å². The number of carboxylic acids is 1. The molecule has 3 aromatic carbocycles. The lowest BCUT2D eigenvalue weighted by atomic mass is 9.93. The number of likely N-dealkylation sites (tertiary alicyclic amines) is 1. The van der Waals surface area contributed by atoms with Gasteiger partial charge in [0, 0.05) is 19.0 Å². The summed E-state index contributed by atoms with van der Waals surface area (Å²) in [6.07, 6.45) is -0.179. The van der Waals surface area contributed by atoms with Crippen LogP contribution in [0.15, 0.2) is 78.9 Å². The number of alkyl carbamates (subject to hydrolysis) is 1. The first-order chi connectivity index (χ1) is 17.0. The van der Waals surface area contributed by atoms with E-state index in [4.69, 9.17) is 4.74 Å². The molecule has 1 saturated heterocycles. The molecule has 1 aliphatic heterocycles. The molecule has 2 aliphatic rings. The predicted molar refractivity (Wildman–Crippen MR) is 130 cm³/mol. The molecule has 7 heteroatoms. The van der Waals surface area contributed by atoms with Gasteiger partial charge in [0.2, 0.25) is 5.91 Å². The third-order valence-corrected chi connectivity index (χ3v) is 6.88. The van der Waals surface area contributed by atoms with E-state index in [2.05, 4.69) is 29.6 Å². The van der Waals surface area contributed by atoms with Crippen molar-refractivity contribution >= 4 is 18.0 Å². The number of hydrogen-bond donors (Lipinski definition) is 2. The van der Waals surface area contributed by atoms with E-state index in [-0.39, 0.29) is 25.0 Å². The maximum atomic E-state index is 13.2. The average molecular weight is 471 g/mol. The van der Waals surface area contributed by atoms with Crippen LogP contribution in [0.4, 0.5) is 4.79 Å². The number of fused-ring (bicyclic) bond motifs is 3. The van der Waals surface area contributed by atoms with Gasteiger partial charge in [0.25, 0.3) is 0 Å². The van der Waals surface area contributed by atoms with Crippen molar-refractivity contribution < 1.29 is 24.2 Å². The summed E-state index contributed by atoms with van der Waals surface area (Å²) in [7, 11) is 0. The third-order valence-electron chi connectivity index (χ3n) is 6.88. The van der Waals surface area contributed by atoms with Crippen LogP contribution in [0, 0.1) is 0 Å². The fraction of sp³-hybridized carbons (Fsp3) is 0.250. The van der Waals surface area contributed by atoms with E-state index in [0.29, 0.717) is 18.5 Å². The van der Waals surface area contributed by atoms with Gasteiger partial charge in [0.15, 0.2) is 0 Å². The molecule has 2 N–H and O–H groups in total. The predicted octanol–water partition coefficient (Wildman–Crippen LogP) is 3.99. The number of nitrogens with zero attached hydrogens (tertiary/aromatic N) is 1. The van der Waals surface area contributed by atoms with Gasteiger partial charge in [0.1, 0.15) is 12.6 Å². The van der Waals surface area contributed by atoms with Crippen molar-refractivity contribution in [2.24, 2.45) is 0 Å². The number of amides is 2. The first kappa shape index (κ1) is 22.7. The van der Waals surface area contributed by atoms with Crippen LogP contribution in [-0.2, 0) is 14.3 Å². The summed E-state index contributed by atoms with van der Waals surface area (Å²) in [6.45, 7) is 0.587. The zero-order chi connectivity index (χ0) is 24.4. The van der Waals surface area contributed by atoms with Gasteiger partial charge < -0.3 is 20.1 Å². The number of ether oxygens (including phenoxy) is 1. The highest BCUT2D eigenvalue weighted by Gasteiger charge is 2.40. The zero-order valence-electron chi connectivity index (χ0n) is 19.1. The monoisotopic (exact) mass is 470 g/mol. The topological polar surface area (TPSA) is 95.9 Å². The second kappa shape index (κ2) is 9.62. The third kappa shape index (κ3) is 4.37. The molecule has 0 bridgehead atoms. The Balaban J connectivity index is 1.25. The van der Waals surface area contributed by atoms with Crippen LogP contribution < -0.4 is 5.32 Å². The molecule has 0 radical (unpaired) electrons. The summed E-state index contributed by atoms with van der Waals surface area (Å²) in [6, 6.07) is 24.5. The number of carboxylic acid groups (broad SMARTS) is 1. The molecular formula is C28H26N2O5. The minimum absolute atomic E-state index is 0.0162. The quantitative estimate of drug-likeness (QED) is 0.544. The number of hydrogen-bond acceptors (Lipinski definition) is 4. The van der Waals surface area contributed by atoms with Crippen LogP contribution in [0.1, 0.15) is 34.9 Å². The summed E-state index contributed by atoms with van der Waals surface area (Å²) in [5.41, 5.74) is 5.25. The average Bonchev–Trinajstić information content (AvgIpc) is 3.16. The number of rotatable bonds is 7. The SMILES string of the molecule is O=C(NCC(C(=O)N1CCC1C(=O)O)c1ccccc1)OCC1c2ccccc2-c2ccccc21. The Bertz CT molecular complexity index is 1210. The molecular weight excluding hydrogens is 444 g/mol. The standard InChI is InChI=1S/C28H26N2O5/c31-26(30-15-14-25(30)27(32)33)23(18-8-2-1-3-9-18)16-29-28(34)35-17-24-21-12-6-4-10-19(21)20-11-5-7-13-22(20)24/h1-13,23-25H,14-17H2,(H,29,34)(H,32,33). The molecule has 35 heavy (non-hydrogen) atoms. The highest BCUT2D eigenvalue weighted by atomic mass is 16.5. The first-order valence-corrected chi connectivity index (χ1v) is 11.7. The fourth-order valence-corrected chi connectivity index (χ4v) is 4.98. The lowest BCUT2D eigenvalue weighted by Gasteiger charge is -2.40. The molecule has 0 aromatic heterocycles. The van der Waals surface area contributed by atoms with E-state index in [0.717, 1.165) is 22.3 Å². The molecule has 2 unspecified atom stereocenters. The van der Waals surface area contributed by atoms with E-state index in [1.165, 1.54) is 4.90 Å². The molecule has 5 rings (SSSR count). The lowest BCUT2D eigenvalue weighted by molar-refractivity contribution is -0.157. The molecule has 3 aromatic rings. The Morgan fingerprint density at radius 2 is 1.51 bits per heavy atom. The summed E-state index contributed by atoms with van der Waals surface area (Å²) in [4.78, 5) is 38.6. The summed E-state index contributed by atoms with van der Waals surface area (Å²) < 4.78 is 5.60. The second-order valence-electron chi connectivity index (χ2n) is 8.84. The Labute approximate surface area is 203 Å². The van der Waals surface area contributed by atoms with Gasteiger partial charge in [-0.3, -0.25) is 4.79 Å². The summed E-state index contributed by atoms with van der Waals surface area (Å²) >= 11 is 0. The minimum Gasteiger partial charge on any atom is -0.480 e. The largest absolute Gasteiger partial charge is 0.480 e. The van der Waals surface area contributed by atoms with Crippen molar-refractivity contribution in [1.29, 1.82) is 0 Å². The number of carbonyl (C=O) groups excluding carboxylic acids is 2. The van der Waals surface area contributed by atoms with Gasteiger partial charge in [-0.15, -0.1) is 0 Å². The first-order valence-electron chi connectivity index (χ1n) is 11.7. The number of nitrogens with one attached hydrogen (secondary N) is 1. The number of benzene rings is 3. The Hall–Kier alpha value is -4.13. The van der Waals surface area contributed by atoms with Crippen molar-refractivity contribution in [2.45, 2.75) is 24.3 Å². The molecule has 0 saturated carbocycles. The Kier molecular flexibility index (Phi) is 6.23. The molecule has 2 amide bonds. The van der Waals surface area contributed by atoms with Crippen LogP contribution in [0.3, 0.4) is 0 Å². The van der Waals surface area contributed by atoms with E-state index < -0.39 is 24.0 Å². The second-order valence-corrected chi connectivity index (χ2v) is 8.84. The van der Waals surface area contributed by atoms with Crippen molar-refractivity contribution in [3.63, 3.8) is 0 Å². The molecule has 178 valence electrons. The number of carbonyl (C=O) groups is 3. The van der Waals surface area contributed by atoms with E-state index in [1.807, 2.05) is 42.5 Å². The summed E-state index contributed by atoms with van der Waals surface area (Å²) in [5, 5.41) is 12.1. The zero-order valence-corrected chi connectivity index (χ0v) is 19.1. The van der Waals surface area contributed by atoms with E-state index >= 15 is 0 Å². The van der Waals surface area contributed by atoms with E-state index in [1.54, 1.807) is 12.1 Å². The van der Waals surface area contributed by atoms with Crippen molar-refractivity contribution in [2.75, 3.05) is 19.7 Å². The van der Waals surface area contributed by atoms with Crippen LogP contribution in [-0.4, -0.2) is 53.7 Å². The lowest BCUT2D eigenvalue weighted by Crippen LogP contribution is -2.57. The van der Waals surface area contributed by atoms with Gasteiger partial charge >= 0.3 is 12.1 Å². The van der Waals surface area contributed by atoms with Gasteiger partial charge in [-0.05, 0) is 34.2 Å². The van der Waals surface area contributed by atoms with Gasteiger partial charge in [0.05, 0.1) is 5.92 Å². The highest BCUT2D eigenvalue weighted by molar-refractivity contribution is 5.90. The van der Waals surface area contributed by atoms with Crippen molar-refractivity contribution in [3.05, 3.63) is 95.6 Å². The highest BCUT2D eigenvalue weighted by Crippen LogP contribution is 2.44. The van der Waals surface area contributed by atoms with Gasteiger partial charge in [-0.25, -0.2) is 9.59 Å². The van der Waals surface area contributed by atoms with Crippen LogP contribution >= 0.6 is 0 Å². The Morgan fingerprint density at radius 1 is 0.914 bits per heavy atom. The van der Waals surface area contributed by atoms with Gasteiger partial charge in [-0.2, -0.15) is 0 Å². The molecule has 1 heterocycles. The Morgan fingerprint density at radius 3 is 2.09 bits per heavy atom. The van der Waals surface area contributed by atoms with Gasteiger partial charge in [-0.1, -0.05) is 78.9 Å². The number of aliphatic carboxylic acids is 1. The van der Waals surface area contributed by atoms with Crippen LogP contribution in [0.25, 0.3) is 11.1 Å². The fourth-order valence-electron chi connectivity index (χ4n) is 4.98. The molecule has 1 aliphatic carbocycles.